The third kappa shape index (κ3) is 3.60. The second-order valence-electron chi connectivity index (χ2n) is 5.94. The van der Waals surface area contributed by atoms with E-state index in [4.69, 9.17) is 0 Å². The first-order valence-corrected chi connectivity index (χ1v) is 6.81. The molecule has 0 aromatic carbocycles. The molecule has 0 saturated carbocycles. The first-order chi connectivity index (χ1) is 7.66. The SMILES string of the molecule is CC1(C)CN(CCC2=CCCC2)CCCN1. The number of nitrogens with zero attached hydrogens (tertiary/aromatic N) is 1. The maximum atomic E-state index is 3.62. The van der Waals surface area contributed by atoms with Crippen LogP contribution in [-0.4, -0.2) is 36.6 Å². The van der Waals surface area contributed by atoms with Crippen molar-refractivity contribution in [1.82, 2.24) is 10.2 Å². The van der Waals surface area contributed by atoms with E-state index in [1.807, 2.05) is 0 Å². The Balaban J connectivity index is 1.79. The van der Waals surface area contributed by atoms with E-state index in [0.29, 0.717) is 5.54 Å². The van der Waals surface area contributed by atoms with Gasteiger partial charge in [-0.05, 0) is 59.0 Å². The van der Waals surface area contributed by atoms with Crippen molar-refractivity contribution < 1.29 is 0 Å². The lowest BCUT2D eigenvalue weighted by atomic mass is 10.1. The van der Waals surface area contributed by atoms with E-state index in [-0.39, 0.29) is 0 Å². The van der Waals surface area contributed by atoms with Crippen LogP contribution in [-0.2, 0) is 0 Å². The van der Waals surface area contributed by atoms with Gasteiger partial charge in [-0.25, -0.2) is 0 Å². The second kappa shape index (κ2) is 5.33. The molecule has 2 rings (SSSR count). The lowest BCUT2D eigenvalue weighted by Gasteiger charge is -2.30. The van der Waals surface area contributed by atoms with Crippen molar-refractivity contribution in [3.05, 3.63) is 11.6 Å². The molecule has 2 nitrogen and oxygen atoms in total. The Bertz CT molecular complexity index is 255. The van der Waals surface area contributed by atoms with Crippen LogP contribution in [0.2, 0.25) is 0 Å². The second-order valence-corrected chi connectivity index (χ2v) is 5.94. The van der Waals surface area contributed by atoms with Crippen LogP contribution < -0.4 is 5.32 Å². The molecular weight excluding hydrogens is 196 g/mol. The Morgan fingerprint density at radius 1 is 1.38 bits per heavy atom. The molecule has 0 amide bonds. The monoisotopic (exact) mass is 222 g/mol. The molecule has 0 radical (unpaired) electrons. The highest BCUT2D eigenvalue weighted by molar-refractivity contribution is 5.07. The van der Waals surface area contributed by atoms with E-state index in [1.54, 1.807) is 5.57 Å². The van der Waals surface area contributed by atoms with Gasteiger partial charge in [-0.15, -0.1) is 0 Å². The molecule has 1 saturated heterocycles. The summed E-state index contributed by atoms with van der Waals surface area (Å²) in [5.41, 5.74) is 2.00. The quantitative estimate of drug-likeness (QED) is 0.738. The van der Waals surface area contributed by atoms with Crippen molar-refractivity contribution in [1.29, 1.82) is 0 Å². The Morgan fingerprint density at radius 2 is 2.25 bits per heavy atom. The molecule has 0 atom stereocenters. The predicted molar refractivity (Wildman–Crippen MR) is 69.7 cm³/mol. The summed E-state index contributed by atoms with van der Waals surface area (Å²) in [4.78, 5) is 2.64. The van der Waals surface area contributed by atoms with Gasteiger partial charge in [0, 0.05) is 18.6 Å². The molecule has 0 aromatic heterocycles. The molecule has 0 bridgehead atoms. The van der Waals surface area contributed by atoms with Crippen LogP contribution in [0, 0.1) is 0 Å². The van der Waals surface area contributed by atoms with E-state index in [2.05, 4.69) is 30.1 Å². The Hall–Kier alpha value is -0.340. The minimum atomic E-state index is 0.292. The number of hydrogen-bond donors (Lipinski definition) is 1. The maximum absolute atomic E-state index is 3.62. The zero-order valence-corrected chi connectivity index (χ0v) is 10.9. The van der Waals surface area contributed by atoms with Crippen molar-refractivity contribution in [2.75, 3.05) is 26.2 Å². The number of allylic oxidation sites excluding steroid dienone is 1. The Morgan fingerprint density at radius 3 is 3.00 bits per heavy atom. The Labute approximate surface area is 100 Å². The summed E-state index contributed by atoms with van der Waals surface area (Å²) < 4.78 is 0. The van der Waals surface area contributed by atoms with Crippen LogP contribution in [0.25, 0.3) is 0 Å². The number of rotatable bonds is 3. The normalized spacial score (nSPS) is 26.5. The van der Waals surface area contributed by atoms with Crippen molar-refractivity contribution in [2.24, 2.45) is 0 Å². The summed E-state index contributed by atoms with van der Waals surface area (Å²) in [7, 11) is 0. The van der Waals surface area contributed by atoms with Crippen molar-refractivity contribution in [3.8, 4) is 0 Å². The largest absolute Gasteiger partial charge is 0.310 e. The predicted octanol–water partition coefficient (Wildman–Crippen LogP) is 2.56. The van der Waals surface area contributed by atoms with Crippen LogP contribution in [0.3, 0.4) is 0 Å². The molecule has 0 spiro atoms. The lowest BCUT2D eigenvalue weighted by Crippen LogP contribution is -2.46. The molecule has 2 heteroatoms. The fourth-order valence-corrected chi connectivity index (χ4v) is 2.88. The highest BCUT2D eigenvalue weighted by Crippen LogP contribution is 2.21. The highest BCUT2D eigenvalue weighted by atomic mass is 15.2. The van der Waals surface area contributed by atoms with Gasteiger partial charge in [0.25, 0.3) is 0 Å². The average Bonchev–Trinajstić information content (AvgIpc) is 2.67. The first-order valence-electron chi connectivity index (χ1n) is 6.81. The molecule has 1 aliphatic carbocycles. The fraction of sp³-hybridized carbons (Fsp3) is 0.857. The van der Waals surface area contributed by atoms with Gasteiger partial charge in [-0.1, -0.05) is 11.6 Å². The summed E-state index contributed by atoms with van der Waals surface area (Å²) in [6, 6.07) is 0. The van der Waals surface area contributed by atoms with Crippen LogP contribution in [0.5, 0.6) is 0 Å². The zero-order valence-electron chi connectivity index (χ0n) is 10.9. The number of nitrogens with one attached hydrogen (secondary N) is 1. The van der Waals surface area contributed by atoms with Crippen LogP contribution in [0.1, 0.15) is 46.0 Å². The smallest absolute Gasteiger partial charge is 0.0252 e. The average molecular weight is 222 g/mol. The van der Waals surface area contributed by atoms with E-state index < -0.39 is 0 Å². The van der Waals surface area contributed by atoms with Gasteiger partial charge in [0.15, 0.2) is 0 Å². The lowest BCUT2D eigenvalue weighted by molar-refractivity contribution is 0.233. The van der Waals surface area contributed by atoms with E-state index in [9.17, 15) is 0 Å². The van der Waals surface area contributed by atoms with Crippen molar-refractivity contribution in [2.45, 2.75) is 51.5 Å². The summed E-state index contributed by atoms with van der Waals surface area (Å²) in [6.07, 6.45) is 9.13. The van der Waals surface area contributed by atoms with Gasteiger partial charge in [0.1, 0.15) is 0 Å². The molecule has 1 N–H and O–H groups in total. The van der Waals surface area contributed by atoms with Gasteiger partial charge in [0.05, 0.1) is 0 Å². The molecule has 1 fully saturated rings. The molecule has 2 aliphatic rings. The van der Waals surface area contributed by atoms with Crippen molar-refractivity contribution >= 4 is 0 Å². The van der Waals surface area contributed by atoms with E-state index in [1.165, 1.54) is 58.3 Å². The molecular formula is C14H26N2. The van der Waals surface area contributed by atoms with Gasteiger partial charge in [-0.3, -0.25) is 0 Å². The zero-order chi connectivity index (χ0) is 11.4. The minimum absolute atomic E-state index is 0.292. The molecule has 0 unspecified atom stereocenters. The Kier molecular flexibility index (Phi) is 4.04. The highest BCUT2D eigenvalue weighted by Gasteiger charge is 2.23. The molecule has 0 aromatic rings. The third-order valence-corrected chi connectivity index (χ3v) is 3.76. The van der Waals surface area contributed by atoms with E-state index in [0.717, 1.165) is 0 Å². The topological polar surface area (TPSA) is 15.3 Å². The van der Waals surface area contributed by atoms with Crippen LogP contribution in [0.15, 0.2) is 11.6 Å². The summed E-state index contributed by atoms with van der Waals surface area (Å²) in [5.74, 6) is 0. The fourth-order valence-electron chi connectivity index (χ4n) is 2.88. The van der Waals surface area contributed by atoms with Gasteiger partial charge in [-0.2, -0.15) is 0 Å². The van der Waals surface area contributed by atoms with Crippen LogP contribution >= 0.6 is 0 Å². The number of hydrogen-bond acceptors (Lipinski definition) is 2. The minimum Gasteiger partial charge on any atom is -0.310 e. The maximum Gasteiger partial charge on any atom is 0.0252 e. The molecule has 1 aliphatic heterocycles. The van der Waals surface area contributed by atoms with E-state index >= 15 is 0 Å². The molecule has 1 heterocycles. The van der Waals surface area contributed by atoms with Gasteiger partial charge < -0.3 is 10.2 Å². The summed E-state index contributed by atoms with van der Waals surface area (Å²) >= 11 is 0. The first kappa shape index (κ1) is 12.1. The van der Waals surface area contributed by atoms with Crippen LogP contribution in [0.4, 0.5) is 0 Å². The summed E-state index contributed by atoms with van der Waals surface area (Å²) in [6.45, 7) is 9.54. The molecule has 16 heavy (non-hydrogen) atoms. The van der Waals surface area contributed by atoms with Gasteiger partial charge in [0.2, 0.25) is 0 Å². The standard InChI is InChI=1S/C14H26N2/c1-14(2)12-16(10-5-9-15-14)11-8-13-6-3-4-7-13/h6,15H,3-5,7-12H2,1-2H3. The third-order valence-electron chi connectivity index (χ3n) is 3.76. The van der Waals surface area contributed by atoms with Crippen molar-refractivity contribution in [3.63, 3.8) is 0 Å². The molecule has 92 valence electrons. The van der Waals surface area contributed by atoms with Gasteiger partial charge >= 0.3 is 0 Å². The summed E-state index contributed by atoms with van der Waals surface area (Å²) in [5, 5.41) is 3.62.